The zero-order valence-electron chi connectivity index (χ0n) is 11.5. The lowest BCUT2D eigenvalue weighted by Crippen LogP contribution is -2.34. The molecule has 1 saturated carbocycles. The van der Waals surface area contributed by atoms with E-state index in [9.17, 15) is 18.3 Å². The summed E-state index contributed by atoms with van der Waals surface area (Å²) in [7, 11) is -2.06. The monoisotopic (exact) mass is 293 g/mol. The number of carbonyl (C=O) groups excluding carboxylic acids is 1. The molecule has 112 valence electrons. The minimum atomic E-state index is -3.36. The number of carbonyl (C=O) groups is 1. The largest absolute Gasteiger partial charge is 0.469 e. The molecule has 1 rings (SSSR count). The Morgan fingerprint density at radius 2 is 2.11 bits per heavy atom. The van der Waals surface area contributed by atoms with E-state index in [-0.39, 0.29) is 30.4 Å². The van der Waals surface area contributed by atoms with Gasteiger partial charge in [-0.2, -0.15) is 0 Å². The van der Waals surface area contributed by atoms with Gasteiger partial charge in [-0.25, -0.2) is 8.42 Å². The summed E-state index contributed by atoms with van der Waals surface area (Å²) in [6, 6.07) is 0. The second-order valence-corrected chi connectivity index (χ2v) is 7.38. The number of hydrogen-bond donors (Lipinski definition) is 2. The molecule has 1 unspecified atom stereocenters. The van der Waals surface area contributed by atoms with Crippen LogP contribution in [0.3, 0.4) is 0 Å². The molecule has 1 atom stereocenters. The topological polar surface area (TPSA) is 92.7 Å². The van der Waals surface area contributed by atoms with Crippen LogP contribution < -0.4 is 5.32 Å². The number of aliphatic hydroxyl groups is 1. The van der Waals surface area contributed by atoms with E-state index in [1.54, 1.807) is 0 Å². The third kappa shape index (κ3) is 5.88. The normalized spacial score (nSPS) is 18.9. The summed E-state index contributed by atoms with van der Waals surface area (Å²) in [6.45, 7) is 2.83. The highest BCUT2D eigenvalue weighted by Gasteiger charge is 2.48. The van der Waals surface area contributed by atoms with Crippen molar-refractivity contribution in [3.63, 3.8) is 0 Å². The van der Waals surface area contributed by atoms with E-state index in [2.05, 4.69) is 10.1 Å². The standard InChI is InChI=1S/C12H23NO5S/c1-3-13-7-10(14)8-19(16,17)9-12(4-5-12)6-11(15)18-2/h10,13-14H,3-9H2,1-2H3. The molecule has 0 saturated heterocycles. The van der Waals surface area contributed by atoms with Crippen LogP contribution in [0.2, 0.25) is 0 Å². The second kappa shape index (κ2) is 6.67. The second-order valence-electron chi connectivity index (χ2n) is 5.27. The summed E-state index contributed by atoms with van der Waals surface area (Å²) in [5.74, 6) is -0.679. The zero-order chi connectivity index (χ0) is 14.5. The van der Waals surface area contributed by atoms with Crippen molar-refractivity contribution < 1.29 is 23.1 Å². The molecule has 1 aliphatic rings. The lowest BCUT2D eigenvalue weighted by molar-refractivity contribution is -0.141. The molecule has 1 aliphatic carbocycles. The summed E-state index contributed by atoms with van der Waals surface area (Å²) >= 11 is 0. The average molecular weight is 293 g/mol. The van der Waals surface area contributed by atoms with Gasteiger partial charge in [0, 0.05) is 6.54 Å². The third-order valence-electron chi connectivity index (χ3n) is 3.31. The van der Waals surface area contributed by atoms with Gasteiger partial charge in [0.05, 0.1) is 31.1 Å². The van der Waals surface area contributed by atoms with Crippen molar-refractivity contribution in [2.24, 2.45) is 5.41 Å². The van der Waals surface area contributed by atoms with Crippen molar-refractivity contribution >= 4 is 15.8 Å². The van der Waals surface area contributed by atoms with Gasteiger partial charge in [0.2, 0.25) is 0 Å². The lowest BCUT2D eigenvalue weighted by Gasteiger charge is -2.16. The van der Waals surface area contributed by atoms with E-state index in [0.717, 1.165) is 12.8 Å². The maximum Gasteiger partial charge on any atom is 0.306 e. The van der Waals surface area contributed by atoms with Crippen LogP contribution in [-0.2, 0) is 19.4 Å². The van der Waals surface area contributed by atoms with E-state index in [0.29, 0.717) is 6.54 Å². The highest BCUT2D eigenvalue weighted by atomic mass is 32.2. The molecular formula is C12H23NO5S. The van der Waals surface area contributed by atoms with Crippen LogP contribution in [0, 0.1) is 5.41 Å². The Morgan fingerprint density at radius 3 is 2.58 bits per heavy atom. The fraction of sp³-hybridized carbons (Fsp3) is 0.917. The Labute approximate surface area is 114 Å². The van der Waals surface area contributed by atoms with Gasteiger partial charge < -0.3 is 15.2 Å². The first-order chi connectivity index (χ1) is 8.82. The van der Waals surface area contributed by atoms with Crippen molar-refractivity contribution in [2.75, 3.05) is 31.7 Å². The zero-order valence-corrected chi connectivity index (χ0v) is 12.3. The molecule has 0 spiro atoms. The quantitative estimate of drug-likeness (QED) is 0.568. The number of esters is 1. The van der Waals surface area contributed by atoms with E-state index < -0.39 is 21.4 Å². The Kier molecular flexibility index (Phi) is 5.76. The van der Waals surface area contributed by atoms with Crippen molar-refractivity contribution in [3.05, 3.63) is 0 Å². The van der Waals surface area contributed by atoms with Gasteiger partial charge in [0.25, 0.3) is 0 Å². The summed E-state index contributed by atoms with van der Waals surface area (Å²) in [6.07, 6.45) is 0.695. The van der Waals surface area contributed by atoms with E-state index in [1.165, 1.54) is 7.11 Å². The summed E-state index contributed by atoms with van der Waals surface area (Å²) in [5.41, 5.74) is -0.455. The van der Waals surface area contributed by atoms with E-state index in [4.69, 9.17) is 0 Å². The van der Waals surface area contributed by atoms with E-state index in [1.807, 2.05) is 6.92 Å². The van der Waals surface area contributed by atoms with Crippen LogP contribution in [0.5, 0.6) is 0 Å². The smallest absolute Gasteiger partial charge is 0.306 e. The van der Waals surface area contributed by atoms with Gasteiger partial charge in [-0.3, -0.25) is 4.79 Å². The van der Waals surface area contributed by atoms with Gasteiger partial charge in [0.1, 0.15) is 0 Å². The molecule has 0 aromatic carbocycles. The molecule has 0 radical (unpaired) electrons. The summed E-state index contributed by atoms with van der Waals surface area (Å²) in [5, 5.41) is 12.5. The Morgan fingerprint density at radius 1 is 1.47 bits per heavy atom. The number of likely N-dealkylation sites (N-methyl/N-ethyl adjacent to an activating group) is 1. The Hall–Kier alpha value is -0.660. The van der Waals surface area contributed by atoms with E-state index >= 15 is 0 Å². The maximum atomic E-state index is 12.0. The van der Waals surface area contributed by atoms with Crippen LogP contribution in [0.4, 0.5) is 0 Å². The number of rotatable bonds is 9. The molecule has 0 heterocycles. The van der Waals surface area contributed by atoms with Crippen molar-refractivity contribution in [1.82, 2.24) is 5.32 Å². The van der Waals surface area contributed by atoms with Crippen LogP contribution in [0.15, 0.2) is 0 Å². The van der Waals surface area contributed by atoms with Gasteiger partial charge in [-0.1, -0.05) is 6.92 Å². The highest BCUT2D eigenvalue weighted by molar-refractivity contribution is 7.91. The van der Waals surface area contributed by atoms with Gasteiger partial charge in [-0.05, 0) is 24.8 Å². The van der Waals surface area contributed by atoms with Crippen LogP contribution >= 0.6 is 0 Å². The molecule has 0 aromatic heterocycles. The SMILES string of the molecule is CCNCC(O)CS(=O)(=O)CC1(CC(=O)OC)CC1. The highest BCUT2D eigenvalue weighted by Crippen LogP contribution is 2.50. The number of hydrogen-bond acceptors (Lipinski definition) is 6. The molecule has 2 N–H and O–H groups in total. The summed E-state index contributed by atoms with van der Waals surface area (Å²) in [4.78, 5) is 11.2. The minimum Gasteiger partial charge on any atom is -0.469 e. The van der Waals surface area contributed by atoms with Crippen LogP contribution in [-0.4, -0.2) is 57.3 Å². The van der Waals surface area contributed by atoms with Crippen molar-refractivity contribution in [2.45, 2.75) is 32.3 Å². The fourth-order valence-electron chi connectivity index (χ4n) is 2.12. The van der Waals surface area contributed by atoms with Gasteiger partial charge in [-0.15, -0.1) is 0 Å². The fourth-order valence-corrected chi connectivity index (χ4v) is 4.26. The molecule has 0 amide bonds. The number of methoxy groups -OCH3 is 1. The Balaban J connectivity index is 2.48. The van der Waals surface area contributed by atoms with Crippen LogP contribution in [0.1, 0.15) is 26.2 Å². The number of nitrogens with one attached hydrogen (secondary N) is 1. The molecule has 19 heavy (non-hydrogen) atoms. The molecular weight excluding hydrogens is 270 g/mol. The number of sulfone groups is 1. The minimum absolute atomic E-state index is 0.0434. The Bertz CT molecular complexity index is 402. The maximum absolute atomic E-state index is 12.0. The third-order valence-corrected chi connectivity index (χ3v) is 5.25. The van der Waals surface area contributed by atoms with Crippen LogP contribution in [0.25, 0.3) is 0 Å². The van der Waals surface area contributed by atoms with Crippen molar-refractivity contribution in [1.29, 1.82) is 0 Å². The lowest BCUT2D eigenvalue weighted by atomic mass is 10.1. The molecule has 1 fully saturated rings. The molecule has 0 aliphatic heterocycles. The summed E-state index contributed by atoms with van der Waals surface area (Å²) < 4.78 is 28.6. The first-order valence-corrected chi connectivity index (χ1v) is 8.31. The van der Waals surface area contributed by atoms with Gasteiger partial charge >= 0.3 is 5.97 Å². The predicted molar refractivity (Wildman–Crippen MR) is 71.5 cm³/mol. The number of ether oxygens (including phenoxy) is 1. The molecule has 0 aromatic rings. The molecule has 6 nitrogen and oxygen atoms in total. The van der Waals surface area contributed by atoms with Crippen molar-refractivity contribution in [3.8, 4) is 0 Å². The first kappa shape index (κ1) is 16.4. The molecule has 7 heteroatoms. The number of aliphatic hydroxyl groups excluding tert-OH is 1. The predicted octanol–water partition coefficient (Wildman–Crippen LogP) is -0.285. The van der Waals surface area contributed by atoms with Gasteiger partial charge in [0.15, 0.2) is 9.84 Å². The average Bonchev–Trinajstić information content (AvgIpc) is 3.03. The first-order valence-electron chi connectivity index (χ1n) is 6.48. The molecule has 0 bridgehead atoms.